The van der Waals surface area contributed by atoms with Gasteiger partial charge in [-0.25, -0.2) is 0 Å². The molecule has 0 saturated carbocycles. The Balaban J connectivity index is 1.74. The van der Waals surface area contributed by atoms with Crippen LogP contribution in [0.3, 0.4) is 0 Å². The number of benzene rings is 2. The fourth-order valence-corrected chi connectivity index (χ4v) is 4.05. The lowest BCUT2D eigenvalue weighted by atomic mass is 10.1. The highest BCUT2D eigenvalue weighted by molar-refractivity contribution is 9.10. The molecule has 3 rings (SSSR count). The highest BCUT2D eigenvalue weighted by Gasteiger charge is 2.36. The van der Waals surface area contributed by atoms with Gasteiger partial charge in [0, 0.05) is 15.1 Å². The minimum atomic E-state index is -0.614. The number of imide groups is 1. The number of thioether (sulfide) groups is 1. The third kappa shape index (κ3) is 6.60. The van der Waals surface area contributed by atoms with Crippen LogP contribution >= 0.6 is 39.3 Å². The first-order valence-corrected chi connectivity index (χ1v) is 11.8. The van der Waals surface area contributed by atoms with Gasteiger partial charge in [0.1, 0.15) is 18.9 Å². The summed E-state index contributed by atoms with van der Waals surface area (Å²) in [5.74, 6) is -0.440. The average molecular weight is 539 g/mol. The molecule has 2 aromatic rings. The van der Waals surface area contributed by atoms with Gasteiger partial charge in [-0.3, -0.25) is 19.3 Å². The third-order valence-corrected chi connectivity index (χ3v) is 5.96. The fraction of sp³-hybridized carbons (Fsp3) is 0.261. The van der Waals surface area contributed by atoms with E-state index >= 15 is 0 Å². The van der Waals surface area contributed by atoms with E-state index in [9.17, 15) is 14.4 Å². The molecule has 0 N–H and O–H groups in total. The van der Waals surface area contributed by atoms with E-state index in [-0.39, 0.29) is 17.4 Å². The van der Waals surface area contributed by atoms with Crippen LogP contribution in [0, 0.1) is 5.92 Å². The minimum Gasteiger partial charge on any atom is -0.488 e. The molecule has 6 nitrogen and oxygen atoms in total. The second-order valence-electron chi connectivity index (χ2n) is 7.44. The second kappa shape index (κ2) is 11.0. The predicted molar refractivity (Wildman–Crippen MR) is 128 cm³/mol. The van der Waals surface area contributed by atoms with Crippen molar-refractivity contribution < 1.29 is 23.9 Å². The van der Waals surface area contributed by atoms with Gasteiger partial charge in [-0.1, -0.05) is 53.5 Å². The summed E-state index contributed by atoms with van der Waals surface area (Å²) in [5, 5.41) is 0.128. The lowest BCUT2D eigenvalue weighted by molar-refractivity contribution is -0.147. The van der Waals surface area contributed by atoms with Gasteiger partial charge in [0.15, 0.2) is 0 Å². The fourth-order valence-electron chi connectivity index (χ4n) is 2.72. The maximum absolute atomic E-state index is 12.7. The number of nitrogens with zero attached hydrogens (tertiary/aromatic N) is 1. The van der Waals surface area contributed by atoms with E-state index in [2.05, 4.69) is 15.9 Å². The molecule has 0 radical (unpaired) electrons. The zero-order chi connectivity index (χ0) is 23.3. The standard InChI is InChI=1S/C23H21BrClNO5S/c1-14(2)12-31-21(27)11-26-22(28)20(32-23(26)29)10-16-9-17(24)5-8-19(16)30-13-15-3-6-18(25)7-4-15/h3-10,14H,11-13H2,1-2H3/b20-10+. The van der Waals surface area contributed by atoms with Crippen molar-refractivity contribution in [2.45, 2.75) is 20.5 Å². The first-order valence-electron chi connectivity index (χ1n) is 9.80. The maximum atomic E-state index is 12.7. The van der Waals surface area contributed by atoms with E-state index in [0.29, 0.717) is 22.9 Å². The molecule has 0 aromatic heterocycles. The Labute approximate surface area is 204 Å². The lowest BCUT2D eigenvalue weighted by Crippen LogP contribution is -2.34. The van der Waals surface area contributed by atoms with Crippen molar-refractivity contribution >= 4 is 62.5 Å². The van der Waals surface area contributed by atoms with Gasteiger partial charge in [-0.15, -0.1) is 0 Å². The Morgan fingerprint density at radius 3 is 2.59 bits per heavy atom. The van der Waals surface area contributed by atoms with Gasteiger partial charge in [0.05, 0.1) is 11.5 Å². The van der Waals surface area contributed by atoms with Crippen LogP contribution in [0.15, 0.2) is 51.8 Å². The van der Waals surface area contributed by atoms with Crippen molar-refractivity contribution in [3.8, 4) is 5.75 Å². The summed E-state index contributed by atoms with van der Waals surface area (Å²) < 4.78 is 11.8. The second-order valence-corrected chi connectivity index (χ2v) is 9.79. The van der Waals surface area contributed by atoms with E-state index in [1.165, 1.54) is 0 Å². The number of esters is 1. The molecular formula is C23H21BrClNO5S. The van der Waals surface area contributed by atoms with E-state index < -0.39 is 23.7 Å². The van der Waals surface area contributed by atoms with Crippen molar-refractivity contribution in [2.75, 3.05) is 13.2 Å². The van der Waals surface area contributed by atoms with Crippen LogP contribution < -0.4 is 4.74 Å². The molecule has 9 heteroatoms. The molecule has 1 aliphatic rings. The van der Waals surface area contributed by atoms with Gasteiger partial charge in [-0.05, 0) is 59.7 Å². The summed E-state index contributed by atoms with van der Waals surface area (Å²) in [6.45, 7) is 3.94. The first kappa shape index (κ1) is 24.4. The Morgan fingerprint density at radius 2 is 1.91 bits per heavy atom. The Bertz CT molecular complexity index is 1050. The quantitative estimate of drug-likeness (QED) is 0.307. The van der Waals surface area contributed by atoms with Crippen LogP contribution in [0.2, 0.25) is 5.02 Å². The number of halogens is 2. The number of hydrogen-bond donors (Lipinski definition) is 0. The monoisotopic (exact) mass is 537 g/mol. The van der Waals surface area contributed by atoms with Crippen LogP contribution in [0.1, 0.15) is 25.0 Å². The van der Waals surface area contributed by atoms with Crippen LogP contribution in [-0.4, -0.2) is 35.2 Å². The Morgan fingerprint density at radius 1 is 1.19 bits per heavy atom. The third-order valence-electron chi connectivity index (χ3n) is 4.30. The molecule has 1 aliphatic heterocycles. The van der Waals surface area contributed by atoms with Gasteiger partial charge in [0.25, 0.3) is 11.1 Å². The molecule has 168 valence electrons. The van der Waals surface area contributed by atoms with Crippen LogP contribution in [0.25, 0.3) is 6.08 Å². The largest absolute Gasteiger partial charge is 0.488 e. The van der Waals surface area contributed by atoms with Crippen LogP contribution in [0.5, 0.6) is 5.75 Å². The smallest absolute Gasteiger partial charge is 0.326 e. The summed E-state index contributed by atoms with van der Waals surface area (Å²) in [7, 11) is 0. The van der Waals surface area contributed by atoms with Crippen molar-refractivity contribution in [1.29, 1.82) is 0 Å². The summed E-state index contributed by atoms with van der Waals surface area (Å²) in [6, 6.07) is 12.7. The van der Waals surface area contributed by atoms with E-state index in [0.717, 1.165) is 26.7 Å². The maximum Gasteiger partial charge on any atom is 0.326 e. The zero-order valence-electron chi connectivity index (χ0n) is 17.5. The van der Waals surface area contributed by atoms with Crippen LogP contribution in [0.4, 0.5) is 4.79 Å². The van der Waals surface area contributed by atoms with Gasteiger partial charge >= 0.3 is 5.97 Å². The molecule has 0 unspecified atom stereocenters. The highest BCUT2D eigenvalue weighted by atomic mass is 79.9. The Hall–Kier alpha value is -2.29. The zero-order valence-corrected chi connectivity index (χ0v) is 20.6. The molecule has 0 atom stereocenters. The normalized spacial score (nSPS) is 15.0. The molecule has 1 fully saturated rings. The van der Waals surface area contributed by atoms with E-state index in [1.807, 2.05) is 32.0 Å². The number of amides is 2. The lowest BCUT2D eigenvalue weighted by Gasteiger charge is -2.13. The average Bonchev–Trinajstić information content (AvgIpc) is 3.00. The molecule has 2 aromatic carbocycles. The van der Waals surface area contributed by atoms with Crippen molar-refractivity contribution in [1.82, 2.24) is 4.90 Å². The van der Waals surface area contributed by atoms with E-state index in [4.69, 9.17) is 21.1 Å². The summed E-state index contributed by atoms with van der Waals surface area (Å²) in [6.07, 6.45) is 1.59. The van der Waals surface area contributed by atoms with Crippen LogP contribution in [-0.2, 0) is 20.9 Å². The predicted octanol–water partition coefficient (Wildman–Crippen LogP) is 5.92. The summed E-state index contributed by atoms with van der Waals surface area (Å²) in [5.41, 5.74) is 1.56. The first-order chi connectivity index (χ1) is 15.2. The van der Waals surface area contributed by atoms with Crippen molar-refractivity contribution in [2.24, 2.45) is 5.92 Å². The SMILES string of the molecule is CC(C)COC(=O)CN1C(=O)S/C(=C/c2cc(Br)ccc2OCc2ccc(Cl)cc2)C1=O. The number of carbonyl (C=O) groups excluding carboxylic acids is 3. The molecule has 32 heavy (non-hydrogen) atoms. The van der Waals surface area contributed by atoms with Gasteiger partial charge < -0.3 is 9.47 Å². The van der Waals surface area contributed by atoms with Crippen molar-refractivity contribution in [3.63, 3.8) is 0 Å². The Kier molecular flexibility index (Phi) is 8.39. The summed E-state index contributed by atoms with van der Waals surface area (Å²) >= 11 is 10.1. The molecular weight excluding hydrogens is 518 g/mol. The highest BCUT2D eigenvalue weighted by Crippen LogP contribution is 2.35. The molecule has 1 saturated heterocycles. The number of hydrogen-bond acceptors (Lipinski definition) is 6. The molecule has 0 aliphatic carbocycles. The number of carbonyl (C=O) groups is 3. The molecule has 0 spiro atoms. The van der Waals surface area contributed by atoms with E-state index in [1.54, 1.807) is 30.3 Å². The van der Waals surface area contributed by atoms with Gasteiger partial charge in [0.2, 0.25) is 0 Å². The number of ether oxygens (including phenoxy) is 2. The topological polar surface area (TPSA) is 72.9 Å². The molecule has 1 heterocycles. The van der Waals surface area contributed by atoms with Crippen molar-refractivity contribution in [3.05, 3.63) is 68.0 Å². The number of rotatable bonds is 8. The summed E-state index contributed by atoms with van der Waals surface area (Å²) in [4.78, 5) is 38.1. The molecule has 0 bridgehead atoms. The minimum absolute atomic E-state index is 0.164. The molecule has 2 amide bonds. The van der Waals surface area contributed by atoms with Gasteiger partial charge in [-0.2, -0.15) is 0 Å².